The Kier molecular flexibility index (Phi) is 8.84. The summed E-state index contributed by atoms with van der Waals surface area (Å²) >= 11 is 0. The smallest absolute Gasteiger partial charge is 0.251 e. The number of hydrogen-bond acceptors (Lipinski definition) is 4. The molecule has 2 amide bonds. The summed E-state index contributed by atoms with van der Waals surface area (Å²) in [6.07, 6.45) is 2.87. The number of rotatable bonds is 7. The second kappa shape index (κ2) is 11.1. The van der Waals surface area contributed by atoms with Gasteiger partial charge in [0.1, 0.15) is 6.10 Å². The largest absolute Gasteiger partial charge is 0.368 e. The van der Waals surface area contributed by atoms with Crippen molar-refractivity contribution >= 4 is 17.8 Å². The Bertz CT molecular complexity index is 511. The molecule has 2 aliphatic heterocycles. The molecule has 27 heavy (non-hydrogen) atoms. The normalized spacial score (nSPS) is 21.9. The molecule has 0 aromatic rings. The summed E-state index contributed by atoms with van der Waals surface area (Å²) in [7, 11) is 0. The molecule has 154 valence electrons. The topological polar surface area (TPSA) is 86.3 Å². The summed E-state index contributed by atoms with van der Waals surface area (Å²) < 4.78 is 5.51. The Morgan fingerprint density at radius 2 is 1.89 bits per heavy atom. The molecule has 2 heterocycles. The molecule has 8 nitrogen and oxygen atoms in total. The molecule has 2 rings (SSSR count). The van der Waals surface area contributed by atoms with E-state index in [1.807, 2.05) is 18.7 Å². The van der Waals surface area contributed by atoms with E-state index in [-0.39, 0.29) is 24.0 Å². The van der Waals surface area contributed by atoms with Crippen molar-refractivity contribution in [2.24, 2.45) is 4.99 Å². The van der Waals surface area contributed by atoms with Gasteiger partial charge in [-0.25, -0.2) is 0 Å². The number of amides is 2. The highest BCUT2D eigenvalue weighted by Crippen LogP contribution is 2.16. The van der Waals surface area contributed by atoms with Crippen molar-refractivity contribution in [1.29, 1.82) is 0 Å². The molecule has 2 aliphatic rings. The second-order valence-electron chi connectivity index (χ2n) is 7.18. The molecule has 0 radical (unpaired) electrons. The molecule has 0 aromatic heterocycles. The average Bonchev–Trinajstić information content (AvgIpc) is 3.21. The van der Waals surface area contributed by atoms with Crippen LogP contribution in [0.5, 0.6) is 0 Å². The predicted octanol–water partition coefficient (Wildman–Crippen LogP) is 0.580. The zero-order valence-corrected chi connectivity index (χ0v) is 17.0. The Morgan fingerprint density at radius 3 is 2.48 bits per heavy atom. The molecule has 2 N–H and O–H groups in total. The number of guanidine groups is 1. The second-order valence-corrected chi connectivity index (χ2v) is 7.18. The molecule has 2 atom stereocenters. The molecule has 0 saturated carbocycles. The molecule has 2 saturated heterocycles. The van der Waals surface area contributed by atoms with Gasteiger partial charge in [0.15, 0.2) is 5.96 Å². The molecular formula is C19H35N5O3. The summed E-state index contributed by atoms with van der Waals surface area (Å²) in [5.74, 6) is 0.977. The van der Waals surface area contributed by atoms with Crippen LogP contribution in [0.25, 0.3) is 0 Å². The molecule has 0 aliphatic carbocycles. The maximum Gasteiger partial charge on any atom is 0.251 e. The standard InChI is InChI=1S/C19H35N5O3/c1-4-15(3)22-17(25)8-9-21-19(20-5-2)24-12-10-23(11-13-24)18(26)16-7-6-14-27-16/h15-16H,4-14H2,1-3H3,(H,20,21)(H,22,25). The number of nitrogens with one attached hydrogen (secondary N) is 2. The number of ether oxygens (including phenoxy) is 1. The summed E-state index contributed by atoms with van der Waals surface area (Å²) in [4.78, 5) is 33.0. The molecular weight excluding hydrogens is 346 g/mol. The van der Waals surface area contributed by atoms with Crippen molar-refractivity contribution in [1.82, 2.24) is 20.4 Å². The minimum absolute atomic E-state index is 0.0379. The van der Waals surface area contributed by atoms with Gasteiger partial charge in [-0.3, -0.25) is 14.6 Å². The summed E-state index contributed by atoms with van der Waals surface area (Å²) in [6, 6.07) is 0.198. The lowest BCUT2D eigenvalue weighted by Gasteiger charge is -2.37. The van der Waals surface area contributed by atoms with Gasteiger partial charge in [0.05, 0.1) is 6.54 Å². The van der Waals surface area contributed by atoms with Gasteiger partial charge in [0.25, 0.3) is 5.91 Å². The lowest BCUT2D eigenvalue weighted by atomic mass is 10.2. The first-order valence-electron chi connectivity index (χ1n) is 10.3. The van der Waals surface area contributed by atoms with Gasteiger partial charge in [-0.05, 0) is 33.1 Å². The average molecular weight is 382 g/mol. The lowest BCUT2D eigenvalue weighted by molar-refractivity contribution is -0.142. The third kappa shape index (κ3) is 6.68. The summed E-state index contributed by atoms with van der Waals surface area (Å²) in [5.41, 5.74) is 0. The Labute approximate surface area is 162 Å². The molecule has 0 spiro atoms. The van der Waals surface area contributed by atoms with Crippen LogP contribution in [0, 0.1) is 0 Å². The first-order valence-corrected chi connectivity index (χ1v) is 10.3. The van der Waals surface area contributed by atoms with E-state index in [2.05, 4.69) is 27.4 Å². The van der Waals surface area contributed by atoms with Crippen LogP contribution in [0.15, 0.2) is 4.99 Å². The Morgan fingerprint density at radius 1 is 1.19 bits per heavy atom. The van der Waals surface area contributed by atoms with Crippen LogP contribution >= 0.6 is 0 Å². The number of carbonyl (C=O) groups excluding carboxylic acids is 2. The SMILES string of the molecule is CCNC(=NCCC(=O)NC(C)CC)N1CCN(C(=O)C2CCCO2)CC1. The Balaban J connectivity index is 1.80. The maximum atomic E-state index is 12.5. The van der Waals surface area contributed by atoms with Crippen LogP contribution in [0.2, 0.25) is 0 Å². The number of carbonyl (C=O) groups is 2. The minimum Gasteiger partial charge on any atom is -0.368 e. The summed E-state index contributed by atoms with van der Waals surface area (Å²) in [6.45, 7) is 10.8. The van der Waals surface area contributed by atoms with Crippen LogP contribution in [0.1, 0.15) is 46.5 Å². The number of nitrogens with zero attached hydrogens (tertiary/aromatic N) is 3. The molecule has 0 aromatic carbocycles. The third-order valence-electron chi connectivity index (χ3n) is 5.05. The van der Waals surface area contributed by atoms with Crippen LogP contribution in [-0.4, -0.2) is 85.6 Å². The van der Waals surface area contributed by atoms with Gasteiger partial charge < -0.3 is 25.2 Å². The summed E-state index contributed by atoms with van der Waals surface area (Å²) in [5, 5.41) is 6.25. The van der Waals surface area contributed by atoms with Crippen molar-refractivity contribution in [3.05, 3.63) is 0 Å². The van der Waals surface area contributed by atoms with E-state index in [0.717, 1.165) is 44.9 Å². The highest BCUT2D eigenvalue weighted by Gasteiger charge is 2.30. The number of piperazine rings is 1. The molecule has 2 unspecified atom stereocenters. The van der Waals surface area contributed by atoms with Gasteiger partial charge in [0, 0.05) is 51.8 Å². The fourth-order valence-corrected chi connectivity index (χ4v) is 3.25. The lowest BCUT2D eigenvalue weighted by Crippen LogP contribution is -2.55. The highest BCUT2D eigenvalue weighted by atomic mass is 16.5. The minimum atomic E-state index is -0.248. The molecule has 0 bridgehead atoms. The van der Waals surface area contributed by atoms with Crippen molar-refractivity contribution < 1.29 is 14.3 Å². The number of aliphatic imine (C=N–C) groups is 1. The highest BCUT2D eigenvalue weighted by molar-refractivity contribution is 5.83. The zero-order valence-electron chi connectivity index (χ0n) is 17.0. The van der Waals surface area contributed by atoms with E-state index in [1.54, 1.807) is 0 Å². The van der Waals surface area contributed by atoms with Gasteiger partial charge in [-0.2, -0.15) is 0 Å². The van der Waals surface area contributed by atoms with E-state index >= 15 is 0 Å². The van der Waals surface area contributed by atoms with Crippen molar-refractivity contribution in [3.8, 4) is 0 Å². The van der Waals surface area contributed by atoms with E-state index in [1.165, 1.54) is 0 Å². The predicted molar refractivity (Wildman–Crippen MR) is 106 cm³/mol. The van der Waals surface area contributed by atoms with E-state index in [9.17, 15) is 9.59 Å². The van der Waals surface area contributed by atoms with Crippen molar-refractivity contribution in [2.45, 2.75) is 58.6 Å². The first kappa shape index (κ1) is 21.5. The Hall–Kier alpha value is -1.83. The van der Waals surface area contributed by atoms with Crippen LogP contribution in [0.4, 0.5) is 0 Å². The molecule has 2 fully saturated rings. The van der Waals surface area contributed by atoms with Crippen LogP contribution < -0.4 is 10.6 Å². The third-order valence-corrected chi connectivity index (χ3v) is 5.05. The first-order chi connectivity index (χ1) is 13.0. The van der Waals surface area contributed by atoms with E-state index in [0.29, 0.717) is 32.7 Å². The van der Waals surface area contributed by atoms with Gasteiger partial charge >= 0.3 is 0 Å². The van der Waals surface area contributed by atoms with Gasteiger partial charge in [0.2, 0.25) is 5.91 Å². The van der Waals surface area contributed by atoms with Gasteiger partial charge in [-0.15, -0.1) is 0 Å². The van der Waals surface area contributed by atoms with E-state index < -0.39 is 0 Å². The van der Waals surface area contributed by atoms with Crippen molar-refractivity contribution in [3.63, 3.8) is 0 Å². The number of hydrogen-bond donors (Lipinski definition) is 2. The fourth-order valence-electron chi connectivity index (χ4n) is 3.25. The van der Waals surface area contributed by atoms with E-state index in [4.69, 9.17) is 4.74 Å². The quantitative estimate of drug-likeness (QED) is 0.498. The van der Waals surface area contributed by atoms with Crippen LogP contribution in [0.3, 0.4) is 0 Å². The fraction of sp³-hybridized carbons (Fsp3) is 0.842. The monoisotopic (exact) mass is 381 g/mol. The van der Waals surface area contributed by atoms with Crippen molar-refractivity contribution in [2.75, 3.05) is 45.9 Å². The molecule has 8 heteroatoms. The zero-order chi connectivity index (χ0) is 19.6. The maximum absolute atomic E-state index is 12.5. The van der Waals surface area contributed by atoms with Gasteiger partial charge in [-0.1, -0.05) is 6.92 Å². The van der Waals surface area contributed by atoms with Crippen LogP contribution in [-0.2, 0) is 14.3 Å².